The van der Waals surface area contributed by atoms with Crippen molar-refractivity contribution in [2.75, 3.05) is 7.11 Å². The van der Waals surface area contributed by atoms with E-state index in [-0.39, 0.29) is 17.6 Å². The molecule has 4 aromatic rings. The lowest BCUT2D eigenvalue weighted by atomic mass is 10.2. The summed E-state index contributed by atoms with van der Waals surface area (Å²) in [5, 5.41) is 9.52. The number of thiophene rings is 1. The fourth-order valence-corrected chi connectivity index (χ4v) is 4.24. The summed E-state index contributed by atoms with van der Waals surface area (Å²) in [5.74, 6) is 0.289. The maximum atomic E-state index is 12.5. The highest BCUT2D eigenvalue weighted by Gasteiger charge is 2.23. The first-order valence-corrected chi connectivity index (χ1v) is 10.8. The monoisotopic (exact) mass is 418 g/mol. The lowest BCUT2D eigenvalue weighted by Gasteiger charge is -2.03. The van der Waals surface area contributed by atoms with Gasteiger partial charge < -0.3 is 13.8 Å². The van der Waals surface area contributed by atoms with Crippen LogP contribution >= 0.6 is 11.3 Å². The van der Waals surface area contributed by atoms with E-state index in [0.29, 0.717) is 17.1 Å². The Balaban J connectivity index is 1.49. The van der Waals surface area contributed by atoms with Crippen molar-refractivity contribution in [3.8, 4) is 27.8 Å². The summed E-state index contributed by atoms with van der Waals surface area (Å²) in [5.41, 5.74) is 0.606. The van der Waals surface area contributed by atoms with E-state index < -0.39 is 21.3 Å². The molecule has 0 spiro atoms. The van der Waals surface area contributed by atoms with Gasteiger partial charge in [-0.3, -0.25) is 0 Å². The van der Waals surface area contributed by atoms with Gasteiger partial charge in [0.1, 0.15) is 17.3 Å². The summed E-state index contributed by atoms with van der Waals surface area (Å²) in [4.78, 5) is 9.08. The minimum Gasteiger partial charge on any atom is -0.496 e. The van der Waals surface area contributed by atoms with Crippen LogP contribution in [0, 0.1) is 0 Å². The highest BCUT2D eigenvalue weighted by Crippen LogP contribution is 2.27. The zero-order valence-electron chi connectivity index (χ0n) is 14.6. The molecular weight excluding hydrogens is 404 g/mol. The van der Waals surface area contributed by atoms with Gasteiger partial charge in [0, 0.05) is 0 Å². The highest BCUT2D eigenvalue weighted by molar-refractivity contribution is 7.89. The minimum atomic E-state index is -3.65. The van der Waals surface area contributed by atoms with Gasteiger partial charge >= 0.3 is 0 Å². The molecule has 3 aromatic heterocycles. The third kappa shape index (κ3) is 3.94. The topological polar surface area (TPSA) is 121 Å². The average Bonchev–Trinajstić information content (AvgIpc) is 3.42. The van der Waals surface area contributed by atoms with Gasteiger partial charge in [0.25, 0.3) is 0 Å². The number of ether oxygens (including phenoxy) is 1. The van der Waals surface area contributed by atoms with Crippen LogP contribution in [-0.4, -0.2) is 35.8 Å². The van der Waals surface area contributed by atoms with Crippen LogP contribution in [0.25, 0.3) is 22.1 Å². The number of benzene rings is 1. The molecule has 1 aromatic carbocycles. The number of sulfone groups is 1. The van der Waals surface area contributed by atoms with Crippen molar-refractivity contribution >= 4 is 21.2 Å². The maximum Gasteiger partial charge on any atom is 0.242 e. The van der Waals surface area contributed by atoms with E-state index in [2.05, 4.69) is 20.3 Å². The zero-order valence-corrected chi connectivity index (χ0v) is 16.2. The van der Waals surface area contributed by atoms with Crippen molar-refractivity contribution in [1.29, 1.82) is 0 Å². The smallest absolute Gasteiger partial charge is 0.242 e. The van der Waals surface area contributed by atoms with Crippen molar-refractivity contribution in [2.24, 2.45) is 0 Å². The molecule has 0 saturated heterocycles. The summed E-state index contributed by atoms with van der Waals surface area (Å²) >= 11 is 1.44. The average molecular weight is 418 g/mol. The Kier molecular flexibility index (Phi) is 4.92. The first-order valence-electron chi connectivity index (χ1n) is 8.07. The second-order valence-corrected chi connectivity index (χ2v) is 8.75. The van der Waals surface area contributed by atoms with Crippen molar-refractivity contribution in [1.82, 2.24) is 20.3 Å². The molecule has 9 nitrogen and oxygen atoms in total. The second kappa shape index (κ2) is 7.52. The third-order valence-electron chi connectivity index (χ3n) is 3.71. The summed E-state index contributed by atoms with van der Waals surface area (Å²) in [6.07, 6.45) is 0. The number of hydrogen-bond donors (Lipinski definition) is 0. The molecule has 0 saturated carbocycles. The van der Waals surface area contributed by atoms with E-state index in [9.17, 15) is 8.42 Å². The summed E-state index contributed by atoms with van der Waals surface area (Å²) in [6, 6.07) is 10.8. The van der Waals surface area contributed by atoms with Crippen LogP contribution < -0.4 is 4.74 Å². The van der Waals surface area contributed by atoms with Gasteiger partial charge in [-0.1, -0.05) is 28.5 Å². The van der Waals surface area contributed by atoms with Crippen LogP contribution in [0.3, 0.4) is 0 Å². The van der Waals surface area contributed by atoms with Gasteiger partial charge in [0.15, 0.2) is 9.84 Å². The predicted molar refractivity (Wildman–Crippen MR) is 100 cm³/mol. The molecule has 0 aliphatic rings. The van der Waals surface area contributed by atoms with Gasteiger partial charge in [-0.05, 0) is 23.6 Å². The van der Waals surface area contributed by atoms with Crippen molar-refractivity contribution in [3.63, 3.8) is 0 Å². The van der Waals surface area contributed by atoms with Crippen LogP contribution in [0.5, 0.6) is 5.75 Å². The molecule has 0 amide bonds. The Labute approximate surface area is 163 Å². The molecule has 28 heavy (non-hydrogen) atoms. The van der Waals surface area contributed by atoms with Crippen LogP contribution in [-0.2, 0) is 21.3 Å². The number of aromatic nitrogens is 4. The molecule has 144 valence electrons. The van der Waals surface area contributed by atoms with E-state index in [0.717, 1.165) is 4.88 Å². The van der Waals surface area contributed by atoms with E-state index in [1.807, 2.05) is 23.6 Å². The standard InChI is InChI=1S/C17H14N4O5S2/c1-24-12-6-3-2-5-11(12)16-18-14(25-20-16)9-28(22,23)10-15-19-17(21-26-15)13-7-4-8-27-13/h2-8H,9-10H2,1H3. The molecule has 0 aliphatic heterocycles. The van der Waals surface area contributed by atoms with Crippen LogP contribution in [0.2, 0.25) is 0 Å². The summed E-state index contributed by atoms with van der Waals surface area (Å²) in [7, 11) is -2.12. The molecular formula is C17H14N4O5S2. The molecule has 11 heteroatoms. The molecule has 0 atom stereocenters. The zero-order chi connectivity index (χ0) is 19.6. The predicted octanol–water partition coefficient (Wildman–Crippen LogP) is 2.97. The Morgan fingerprint density at radius 1 is 0.964 bits per heavy atom. The fourth-order valence-electron chi connectivity index (χ4n) is 2.50. The van der Waals surface area contributed by atoms with E-state index >= 15 is 0 Å². The van der Waals surface area contributed by atoms with Gasteiger partial charge in [0.2, 0.25) is 23.4 Å². The quantitative estimate of drug-likeness (QED) is 0.446. The number of nitrogens with zero attached hydrogens (tertiary/aromatic N) is 4. The molecule has 0 unspecified atom stereocenters. The second-order valence-electron chi connectivity index (χ2n) is 5.73. The number of para-hydroxylation sites is 1. The van der Waals surface area contributed by atoms with Crippen molar-refractivity contribution < 1.29 is 22.2 Å². The molecule has 4 rings (SSSR count). The van der Waals surface area contributed by atoms with Gasteiger partial charge in [-0.15, -0.1) is 11.3 Å². The van der Waals surface area contributed by atoms with E-state index in [1.54, 1.807) is 18.2 Å². The largest absolute Gasteiger partial charge is 0.496 e. The molecule has 0 radical (unpaired) electrons. The molecule has 3 heterocycles. The summed E-state index contributed by atoms with van der Waals surface area (Å²) < 4.78 is 40.3. The highest BCUT2D eigenvalue weighted by atomic mass is 32.2. The Morgan fingerprint density at radius 3 is 2.32 bits per heavy atom. The Bertz CT molecular complexity index is 1180. The first kappa shape index (κ1) is 18.3. The van der Waals surface area contributed by atoms with Gasteiger partial charge in [-0.2, -0.15) is 9.97 Å². The number of rotatable bonds is 7. The lowest BCUT2D eigenvalue weighted by molar-refractivity contribution is 0.383. The Hall–Kier alpha value is -3.05. The Morgan fingerprint density at radius 2 is 1.64 bits per heavy atom. The number of hydrogen-bond acceptors (Lipinski definition) is 10. The maximum absolute atomic E-state index is 12.5. The molecule has 0 aliphatic carbocycles. The van der Waals surface area contributed by atoms with Crippen molar-refractivity contribution in [2.45, 2.75) is 11.5 Å². The SMILES string of the molecule is COc1ccccc1-c1noc(CS(=O)(=O)Cc2nc(-c3cccs3)no2)n1. The van der Waals surface area contributed by atoms with E-state index in [4.69, 9.17) is 13.8 Å². The van der Waals surface area contributed by atoms with Crippen LogP contribution in [0.1, 0.15) is 11.8 Å². The molecule has 0 bridgehead atoms. The normalized spacial score (nSPS) is 11.6. The first-order chi connectivity index (χ1) is 13.5. The van der Waals surface area contributed by atoms with Gasteiger partial charge in [0.05, 0.1) is 17.6 Å². The molecule has 0 fully saturated rings. The number of methoxy groups -OCH3 is 1. The molecule has 0 N–H and O–H groups in total. The lowest BCUT2D eigenvalue weighted by Crippen LogP contribution is -2.08. The minimum absolute atomic E-state index is 0.00728. The van der Waals surface area contributed by atoms with E-state index in [1.165, 1.54) is 18.4 Å². The third-order valence-corrected chi connectivity index (χ3v) is 5.95. The van der Waals surface area contributed by atoms with Gasteiger partial charge in [-0.25, -0.2) is 8.42 Å². The fraction of sp³-hybridized carbons (Fsp3) is 0.176. The van der Waals surface area contributed by atoms with Crippen LogP contribution in [0.15, 0.2) is 50.8 Å². The summed E-state index contributed by atoms with van der Waals surface area (Å²) in [6.45, 7) is 0. The van der Waals surface area contributed by atoms with Crippen LogP contribution in [0.4, 0.5) is 0 Å². The van der Waals surface area contributed by atoms with Crippen molar-refractivity contribution in [3.05, 3.63) is 53.6 Å².